The lowest BCUT2D eigenvalue weighted by Gasteiger charge is -2.27. The first-order valence-corrected chi connectivity index (χ1v) is 10.7. The summed E-state index contributed by atoms with van der Waals surface area (Å²) in [6, 6.07) is 0. The summed E-state index contributed by atoms with van der Waals surface area (Å²) in [7, 11) is 0. The van der Waals surface area contributed by atoms with Crippen LogP contribution in [0.3, 0.4) is 0 Å². The fraction of sp³-hybridized carbons (Fsp3) is 0.762. The zero-order valence-corrected chi connectivity index (χ0v) is 17.2. The van der Waals surface area contributed by atoms with Gasteiger partial charge in [-0.05, 0) is 44.4 Å². The smallest absolute Gasteiger partial charge is 0.407 e. The second-order valence-corrected chi connectivity index (χ2v) is 7.76. The maximum Gasteiger partial charge on any atom is 0.407 e. The summed E-state index contributed by atoms with van der Waals surface area (Å²) in [5.74, 6) is -0.378. The van der Waals surface area contributed by atoms with Crippen LogP contribution in [0.15, 0.2) is 12.2 Å². The quantitative estimate of drug-likeness (QED) is 0.318. The SMILES string of the molecule is CCCCOC(=O)NCC(=O)NCC1[C@@H](C/C=C\CCCC(=O)O)[C@@H]2CC[C@H]1O2. The molecule has 8 nitrogen and oxygen atoms in total. The van der Waals surface area contributed by atoms with E-state index in [9.17, 15) is 14.4 Å². The van der Waals surface area contributed by atoms with Gasteiger partial charge in [0.05, 0.1) is 25.4 Å². The molecule has 0 aromatic heterocycles. The molecule has 0 saturated carbocycles. The highest BCUT2D eigenvalue weighted by atomic mass is 16.5. The third-order valence-electron chi connectivity index (χ3n) is 5.59. The minimum absolute atomic E-state index is 0.0965. The van der Waals surface area contributed by atoms with E-state index < -0.39 is 12.1 Å². The van der Waals surface area contributed by atoms with Gasteiger partial charge in [0.15, 0.2) is 0 Å². The van der Waals surface area contributed by atoms with Crippen LogP contribution in [0.1, 0.15) is 58.3 Å². The Balaban J connectivity index is 1.68. The van der Waals surface area contributed by atoms with Gasteiger partial charge >= 0.3 is 12.1 Å². The molecule has 0 aromatic carbocycles. The second kappa shape index (κ2) is 12.5. The Kier molecular flexibility index (Phi) is 9.97. The van der Waals surface area contributed by atoms with E-state index in [1.54, 1.807) is 0 Å². The maximum absolute atomic E-state index is 12.1. The lowest BCUT2D eigenvalue weighted by atomic mass is 9.77. The molecule has 0 radical (unpaired) electrons. The number of ether oxygens (including phenoxy) is 2. The molecular weight excluding hydrogens is 376 g/mol. The van der Waals surface area contributed by atoms with Crippen LogP contribution in [-0.2, 0) is 19.1 Å². The molecule has 2 bridgehead atoms. The Morgan fingerprint density at radius 2 is 1.86 bits per heavy atom. The zero-order valence-electron chi connectivity index (χ0n) is 17.2. The number of aliphatic carboxylic acids is 1. The Morgan fingerprint density at radius 1 is 1.10 bits per heavy atom. The van der Waals surface area contributed by atoms with Crippen molar-refractivity contribution >= 4 is 18.0 Å². The first-order chi connectivity index (χ1) is 14.0. The molecule has 0 aromatic rings. The van der Waals surface area contributed by atoms with Gasteiger partial charge in [-0.25, -0.2) is 4.79 Å². The van der Waals surface area contributed by atoms with Gasteiger partial charge in [-0.15, -0.1) is 0 Å². The predicted octanol–water partition coefficient (Wildman–Crippen LogP) is 2.62. The van der Waals surface area contributed by atoms with Crippen molar-refractivity contribution < 1.29 is 29.0 Å². The van der Waals surface area contributed by atoms with Crippen LogP contribution in [0.4, 0.5) is 4.79 Å². The summed E-state index contributed by atoms with van der Waals surface area (Å²) in [6.07, 6.45) is 10.3. The molecule has 29 heavy (non-hydrogen) atoms. The number of hydrogen-bond donors (Lipinski definition) is 3. The van der Waals surface area contributed by atoms with Gasteiger partial charge < -0.3 is 25.2 Å². The summed E-state index contributed by atoms with van der Waals surface area (Å²) in [4.78, 5) is 34.1. The Morgan fingerprint density at radius 3 is 2.59 bits per heavy atom. The van der Waals surface area contributed by atoms with E-state index in [0.29, 0.717) is 25.5 Å². The molecule has 2 saturated heterocycles. The highest BCUT2D eigenvalue weighted by Gasteiger charge is 2.47. The number of carbonyl (C=O) groups excluding carboxylic acids is 2. The van der Waals surface area contributed by atoms with Crippen molar-refractivity contribution in [1.82, 2.24) is 10.6 Å². The highest BCUT2D eigenvalue weighted by Crippen LogP contribution is 2.44. The van der Waals surface area contributed by atoms with E-state index in [4.69, 9.17) is 14.6 Å². The van der Waals surface area contributed by atoms with Gasteiger partial charge in [0, 0.05) is 18.9 Å². The fourth-order valence-electron chi connectivity index (χ4n) is 4.03. The van der Waals surface area contributed by atoms with Crippen molar-refractivity contribution in [2.24, 2.45) is 11.8 Å². The third-order valence-corrected chi connectivity index (χ3v) is 5.59. The van der Waals surface area contributed by atoms with Crippen LogP contribution in [0.5, 0.6) is 0 Å². The van der Waals surface area contributed by atoms with E-state index >= 15 is 0 Å². The summed E-state index contributed by atoms with van der Waals surface area (Å²) >= 11 is 0. The van der Waals surface area contributed by atoms with Gasteiger partial charge in [0.25, 0.3) is 0 Å². The number of carboxylic acids is 1. The molecule has 164 valence electrons. The molecule has 1 unspecified atom stereocenters. The topological polar surface area (TPSA) is 114 Å². The van der Waals surface area contributed by atoms with Crippen LogP contribution in [0.2, 0.25) is 0 Å². The highest BCUT2D eigenvalue weighted by molar-refractivity contribution is 5.82. The number of carboxylic acid groups (broad SMARTS) is 1. The lowest BCUT2D eigenvalue weighted by Crippen LogP contribution is -2.42. The van der Waals surface area contributed by atoms with Gasteiger partial charge in [-0.3, -0.25) is 9.59 Å². The van der Waals surface area contributed by atoms with Crippen molar-refractivity contribution in [2.75, 3.05) is 19.7 Å². The lowest BCUT2D eigenvalue weighted by molar-refractivity contribution is -0.137. The number of alkyl carbamates (subject to hydrolysis) is 1. The largest absolute Gasteiger partial charge is 0.481 e. The number of carbonyl (C=O) groups is 3. The van der Waals surface area contributed by atoms with Crippen LogP contribution >= 0.6 is 0 Å². The molecule has 2 heterocycles. The molecule has 2 aliphatic rings. The average molecular weight is 411 g/mol. The fourth-order valence-corrected chi connectivity index (χ4v) is 4.03. The molecule has 2 aliphatic heterocycles. The summed E-state index contributed by atoms with van der Waals surface area (Å²) < 4.78 is 11.0. The molecule has 2 fully saturated rings. The van der Waals surface area contributed by atoms with Crippen LogP contribution in [0, 0.1) is 11.8 Å². The van der Waals surface area contributed by atoms with E-state index in [1.165, 1.54) is 0 Å². The molecule has 8 heteroatoms. The van der Waals surface area contributed by atoms with Crippen molar-refractivity contribution in [2.45, 2.75) is 70.5 Å². The zero-order chi connectivity index (χ0) is 21.1. The third kappa shape index (κ3) is 8.04. The summed E-state index contributed by atoms with van der Waals surface area (Å²) in [5, 5.41) is 14.0. The van der Waals surface area contributed by atoms with Crippen LogP contribution < -0.4 is 10.6 Å². The van der Waals surface area contributed by atoms with Gasteiger partial charge in [0.1, 0.15) is 0 Å². The molecule has 4 atom stereocenters. The number of allylic oxidation sites excluding steroid dienone is 2. The second-order valence-electron chi connectivity index (χ2n) is 7.76. The summed E-state index contributed by atoms with van der Waals surface area (Å²) in [6.45, 7) is 2.80. The average Bonchev–Trinajstić information content (AvgIpc) is 3.29. The number of hydrogen-bond acceptors (Lipinski definition) is 5. The predicted molar refractivity (Wildman–Crippen MR) is 107 cm³/mol. The molecule has 0 spiro atoms. The Labute approximate surface area is 172 Å². The first kappa shape index (κ1) is 23.2. The number of unbranched alkanes of at least 4 members (excludes halogenated alkanes) is 2. The molecule has 2 amide bonds. The molecular formula is C21H34N2O6. The Hall–Kier alpha value is -2.09. The number of fused-ring (bicyclic) bond motifs is 2. The van der Waals surface area contributed by atoms with E-state index in [-0.39, 0.29) is 37.0 Å². The minimum Gasteiger partial charge on any atom is -0.481 e. The van der Waals surface area contributed by atoms with Crippen molar-refractivity contribution in [3.05, 3.63) is 12.2 Å². The van der Waals surface area contributed by atoms with Gasteiger partial charge in [-0.1, -0.05) is 25.5 Å². The van der Waals surface area contributed by atoms with E-state index in [1.807, 2.05) is 13.0 Å². The normalized spacial score (nSPS) is 25.3. The van der Waals surface area contributed by atoms with Gasteiger partial charge in [0.2, 0.25) is 5.91 Å². The molecule has 3 N–H and O–H groups in total. The first-order valence-electron chi connectivity index (χ1n) is 10.7. The standard InChI is InChI=1S/C21H34N2O6/c1-2-3-12-28-21(27)23-14-19(24)22-13-16-15(17-10-11-18(16)29-17)8-6-4-5-7-9-20(25)26/h4,6,15-18H,2-3,5,7-14H2,1H3,(H,22,24)(H,23,27)(H,25,26)/b6-4-/t15-,16?,17+,18-/m1/s1. The minimum atomic E-state index is -0.764. The molecule has 2 rings (SSSR count). The van der Waals surface area contributed by atoms with Crippen molar-refractivity contribution in [3.63, 3.8) is 0 Å². The Bertz CT molecular complexity index is 580. The van der Waals surface area contributed by atoms with Crippen LogP contribution in [0.25, 0.3) is 0 Å². The molecule has 0 aliphatic carbocycles. The van der Waals surface area contributed by atoms with Crippen LogP contribution in [-0.4, -0.2) is 55.0 Å². The van der Waals surface area contributed by atoms with Gasteiger partial charge in [-0.2, -0.15) is 0 Å². The van der Waals surface area contributed by atoms with E-state index in [2.05, 4.69) is 16.7 Å². The number of rotatable bonds is 13. The van der Waals surface area contributed by atoms with E-state index in [0.717, 1.165) is 38.5 Å². The summed E-state index contributed by atoms with van der Waals surface area (Å²) in [5.41, 5.74) is 0. The van der Waals surface area contributed by atoms with Crippen molar-refractivity contribution in [1.29, 1.82) is 0 Å². The number of nitrogens with one attached hydrogen (secondary N) is 2. The maximum atomic E-state index is 12.1. The monoisotopic (exact) mass is 410 g/mol. The number of amides is 2. The van der Waals surface area contributed by atoms with Crippen molar-refractivity contribution in [3.8, 4) is 0 Å².